The molecule has 0 radical (unpaired) electrons. The van der Waals surface area contributed by atoms with Gasteiger partial charge in [-0.15, -0.1) is 0 Å². The van der Waals surface area contributed by atoms with Crippen molar-refractivity contribution < 1.29 is 0 Å². The summed E-state index contributed by atoms with van der Waals surface area (Å²) in [5.74, 6) is 0. The lowest BCUT2D eigenvalue weighted by molar-refractivity contribution is 0.488. The zero-order valence-electron chi connectivity index (χ0n) is 12.1. The van der Waals surface area contributed by atoms with Crippen LogP contribution in [-0.2, 0) is 13.0 Å². The highest BCUT2D eigenvalue weighted by Crippen LogP contribution is 2.20. The maximum Gasteiger partial charge on any atom is 0.0553 e. The normalized spacial score (nSPS) is 12.6. The van der Waals surface area contributed by atoms with Crippen molar-refractivity contribution in [3.05, 3.63) is 53.3 Å². The first-order chi connectivity index (χ1) is 9.26. The Hall–Kier alpha value is -1.61. The zero-order valence-corrected chi connectivity index (χ0v) is 12.1. The van der Waals surface area contributed by atoms with E-state index in [1.807, 2.05) is 13.2 Å². The molecule has 2 rings (SSSR count). The standard InChI is InChI=1S/C16H23N3/c1-4-19-16(11-12-18-19)15(17-3)10-9-14-8-6-5-7-13(14)2/h5-8,11-12,15,17H,4,9-10H2,1-3H3. The first-order valence-corrected chi connectivity index (χ1v) is 6.99. The molecule has 1 aromatic heterocycles. The van der Waals surface area contributed by atoms with Crippen molar-refractivity contribution in [2.75, 3.05) is 7.05 Å². The molecule has 0 aliphatic carbocycles. The molecule has 19 heavy (non-hydrogen) atoms. The molecule has 1 heterocycles. The number of aryl methyl sites for hydroxylation is 3. The Morgan fingerprint density at radius 1 is 1.26 bits per heavy atom. The summed E-state index contributed by atoms with van der Waals surface area (Å²) in [4.78, 5) is 0. The number of rotatable bonds is 6. The SMILES string of the molecule is CCn1nccc1C(CCc1ccccc1C)NC. The van der Waals surface area contributed by atoms with Gasteiger partial charge < -0.3 is 5.32 Å². The van der Waals surface area contributed by atoms with Crippen molar-refractivity contribution in [3.63, 3.8) is 0 Å². The molecule has 1 atom stereocenters. The van der Waals surface area contributed by atoms with Gasteiger partial charge in [-0.1, -0.05) is 24.3 Å². The molecule has 3 nitrogen and oxygen atoms in total. The van der Waals surface area contributed by atoms with Crippen LogP contribution in [0.1, 0.15) is 36.2 Å². The summed E-state index contributed by atoms with van der Waals surface area (Å²) in [5, 5.41) is 7.76. The maximum absolute atomic E-state index is 4.35. The van der Waals surface area contributed by atoms with E-state index in [-0.39, 0.29) is 0 Å². The topological polar surface area (TPSA) is 29.9 Å². The third-order valence-electron chi connectivity index (χ3n) is 3.72. The molecule has 0 aliphatic rings. The van der Waals surface area contributed by atoms with Crippen molar-refractivity contribution in [2.24, 2.45) is 0 Å². The van der Waals surface area contributed by atoms with E-state index < -0.39 is 0 Å². The first-order valence-electron chi connectivity index (χ1n) is 6.99. The summed E-state index contributed by atoms with van der Waals surface area (Å²) in [6.45, 7) is 5.23. The molecule has 0 spiro atoms. The minimum absolute atomic E-state index is 0.363. The van der Waals surface area contributed by atoms with Crippen molar-refractivity contribution in [3.8, 4) is 0 Å². The van der Waals surface area contributed by atoms with Crippen LogP contribution in [0.2, 0.25) is 0 Å². The molecule has 0 bridgehead atoms. The molecule has 0 aliphatic heterocycles. The highest BCUT2D eigenvalue weighted by atomic mass is 15.3. The Kier molecular flexibility index (Phi) is 4.74. The summed E-state index contributed by atoms with van der Waals surface area (Å²) in [6.07, 6.45) is 4.07. The van der Waals surface area contributed by atoms with Crippen molar-refractivity contribution in [1.29, 1.82) is 0 Å². The van der Waals surface area contributed by atoms with Gasteiger partial charge in [-0.2, -0.15) is 5.10 Å². The second-order valence-corrected chi connectivity index (χ2v) is 4.88. The van der Waals surface area contributed by atoms with Gasteiger partial charge in [0.25, 0.3) is 0 Å². The number of benzene rings is 1. The van der Waals surface area contributed by atoms with E-state index in [2.05, 4.69) is 59.3 Å². The van der Waals surface area contributed by atoms with Crippen LogP contribution in [0.3, 0.4) is 0 Å². The van der Waals surface area contributed by atoms with Crippen LogP contribution in [0, 0.1) is 6.92 Å². The van der Waals surface area contributed by atoms with Crippen LogP contribution in [0.15, 0.2) is 36.5 Å². The first kappa shape index (κ1) is 13.8. The molecule has 2 aromatic rings. The number of nitrogens with zero attached hydrogens (tertiary/aromatic N) is 2. The molecule has 0 amide bonds. The Balaban J connectivity index is 2.06. The Bertz CT molecular complexity index is 516. The second-order valence-electron chi connectivity index (χ2n) is 4.88. The lowest BCUT2D eigenvalue weighted by atomic mass is 9.99. The van der Waals surface area contributed by atoms with Crippen LogP contribution in [0.25, 0.3) is 0 Å². The average molecular weight is 257 g/mol. The van der Waals surface area contributed by atoms with E-state index in [9.17, 15) is 0 Å². The van der Waals surface area contributed by atoms with Crippen LogP contribution in [0.5, 0.6) is 0 Å². The summed E-state index contributed by atoms with van der Waals surface area (Å²) in [5.41, 5.74) is 4.09. The zero-order chi connectivity index (χ0) is 13.7. The van der Waals surface area contributed by atoms with Crippen LogP contribution in [0.4, 0.5) is 0 Å². The molecule has 1 unspecified atom stereocenters. The van der Waals surface area contributed by atoms with Gasteiger partial charge in [0.1, 0.15) is 0 Å². The Morgan fingerprint density at radius 2 is 2.05 bits per heavy atom. The summed E-state index contributed by atoms with van der Waals surface area (Å²) in [7, 11) is 2.02. The van der Waals surface area contributed by atoms with Gasteiger partial charge in [-0.3, -0.25) is 4.68 Å². The van der Waals surface area contributed by atoms with E-state index >= 15 is 0 Å². The molecule has 3 heteroatoms. The predicted molar refractivity (Wildman–Crippen MR) is 79.2 cm³/mol. The van der Waals surface area contributed by atoms with Gasteiger partial charge in [-0.25, -0.2) is 0 Å². The van der Waals surface area contributed by atoms with Gasteiger partial charge in [-0.05, 0) is 50.9 Å². The fourth-order valence-corrected chi connectivity index (χ4v) is 2.53. The molecule has 1 N–H and O–H groups in total. The summed E-state index contributed by atoms with van der Waals surface area (Å²) < 4.78 is 2.07. The van der Waals surface area contributed by atoms with E-state index in [1.165, 1.54) is 16.8 Å². The molecule has 0 saturated heterocycles. The second kappa shape index (κ2) is 6.53. The third kappa shape index (κ3) is 3.24. The maximum atomic E-state index is 4.35. The largest absolute Gasteiger partial charge is 0.312 e. The number of nitrogens with one attached hydrogen (secondary N) is 1. The monoisotopic (exact) mass is 257 g/mol. The number of hydrogen-bond acceptors (Lipinski definition) is 2. The highest BCUT2D eigenvalue weighted by molar-refractivity contribution is 5.26. The lowest BCUT2D eigenvalue weighted by Gasteiger charge is -2.18. The Labute approximate surface area is 115 Å². The molecular formula is C16H23N3. The van der Waals surface area contributed by atoms with Gasteiger partial charge in [0, 0.05) is 18.8 Å². The van der Waals surface area contributed by atoms with E-state index in [0.29, 0.717) is 6.04 Å². The van der Waals surface area contributed by atoms with Crippen LogP contribution < -0.4 is 5.32 Å². The smallest absolute Gasteiger partial charge is 0.0553 e. The van der Waals surface area contributed by atoms with Gasteiger partial charge in [0.05, 0.1) is 5.69 Å². The van der Waals surface area contributed by atoms with Crippen molar-refractivity contribution >= 4 is 0 Å². The summed E-state index contributed by atoms with van der Waals surface area (Å²) >= 11 is 0. The van der Waals surface area contributed by atoms with Crippen LogP contribution >= 0.6 is 0 Å². The molecule has 0 saturated carbocycles. The lowest BCUT2D eigenvalue weighted by Crippen LogP contribution is -2.21. The van der Waals surface area contributed by atoms with Gasteiger partial charge in [0.2, 0.25) is 0 Å². The predicted octanol–water partition coefficient (Wildman–Crippen LogP) is 3.10. The van der Waals surface area contributed by atoms with E-state index in [0.717, 1.165) is 19.4 Å². The van der Waals surface area contributed by atoms with Gasteiger partial charge in [0.15, 0.2) is 0 Å². The van der Waals surface area contributed by atoms with Crippen LogP contribution in [-0.4, -0.2) is 16.8 Å². The van der Waals surface area contributed by atoms with E-state index in [1.54, 1.807) is 0 Å². The fraction of sp³-hybridized carbons (Fsp3) is 0.438. The van der Waals surface area contributed by atoms with E-state index in [4.69, 9.17) is 0 Å². The number of aromatic nitrogens is 2. The van der Waals surface area contributed by atoms with Crippen molar-refractivity contribution in [1.82, 2.24) is 15.1 Å². The third-order valence-corrected chi connectivity index (χ3v) is 3.72. The molecule has 102 valence electrons. The fourth-order valence-electron chi connectivity index (χ4n) is 2.53. The quantitative estimate of drug-likeness (QED) is 0.861. The summed E-state index contributed by atoms with van der Waals surface area (Å²) in [6, 6.07) is 11.1. The molecule has 1 aromatic carbocycles. The number of hydrogen-bond donors (Lipinski definition) is 1. The van der Waals surface area contributed by atoms with Gasteiger partial charge >= 0.3 is 0 Å². The Morgan fingerprint density at radius 3 is 2.74 bits per heavy atom. The highest BCUT2D eigenvalue weighted by Gasteiger charge is 2.14. The minimum Gasteiger partial charge on any atom is -0.312 e. The minimum atomic E-state index is 0.363. The molecular weight excluding hydrogens is 234 g/mol. The average Bonchev–Trinajstić information content (AvgIpc) is 2.90. The van der Waals surface area contributed by atoms with Crippen molar-refractivity contribution in [2.45, 2.75) is 39.3 Å². The molecule has 0 fully saturated rings.